The number of carbonyl (C=O) groups is 1. The highest BCUT2D eigenvalue weighted by Gasteiger charge is 2.15. The van der Waals surface area contributed by atoms with Crippen molar-refractivity contribution < 1.29 is 14.3 Å². The molecule has 5 nitrogen and oxygen atoms in total. The molecular formula is C25H19BrClIN2O3. The number of para-hydroxylation sites is 1. The first kappa shape index (κ1) is 25.1. The van der Waals surface area contributed by atoms with Gasteiger partial charge in [-0.05, 0) is 99.0 Å². The van der Waals surface area contributed by atoms with Gasteiger partial charge in [-0.1, -0.05) is 35.9 Å². The predicted molar refractivity (Wildman–Crippen MR) is 142 cm³/mol. The first-order valence-electron chi connectivity index (χ1n) is 9.92. The first-order chi connectivity index (χ1) is 15.9. The summed E-state index contributed by atoms with van der Waals surface area (Å²) in [5.41, 5.74) is 1.99. The molecule has 3 rings (SSSR count). The van der Waals surface area contributed by atoms with Crippen LogP contribution >= 0.6 is 50.1 Å². The second-order valence-electron chi connectivity index (χ2n) is 6.78. The van der Waals surface area contributed by atoms with Gasteiger partial charge in [-0.15, -0.1) is 0 Å². The van der Waals surface area contributed by atoms with Gasteiger partial charge in [0.2, 0.25) is 0 Å². The van der Waals surface area contributed by atoms with Gasteiger partial charge in [0.15, 0.2) is 11.5 Å². The zero-order chi connectivity index (χ0) is 23.8. The minimum Gasteiger partial charge on any atom is -0.490 e. The molecule has 0 aromatic heterocycles. The second-order valence-corrected chi connectivity index (χ2v) is 9.29. The lowest BCUT2D eigenvalue weighted by Crippen LogP contribution is -2.13. The Balaban J connectivity index is 1.85. The average molecular weight is 638 g/mol. The maximum absolute atomic E-state index is 12.6. The summed E-state index contributed by atoms with van der Waals surface area (Å²) in [5.74, 6) is 0.498. The average Bonchev–Trinajstić information content (AvgIpc) is 2.79. The van der Waals surface area contributed by atoms with Crippen molar-refractivity contribution in [3.8, 4) is 17.6 Å². The fourth-order valence-corrected chi connectivity index (χ4v) is 3.99. The number of hydrogen-bond donors (Lipinski definition) is 1. The van der Waals surface area contributed by atoms with Crippen molar-refractivity contribution in [1.29, 1.82) is 5.26 Å². The highest BCUT2D eigenvalue weighted by molar-refractivity contribution is 14.1. The van der Waals surface area contributed by atoms with Crippen LogP contribution in [0.15, 0.2) is 70.7 Å². The van der Waals surface area contributed by atoms with Gasteiger partial charge in [-0.3, -0.25) is 4.79 Å². The van der Waals surface area contributed by atoms with Crippen molar-refractivity contribution >= 4 is 67.8 Å². The Morgan fingerprint density at radius 1 is 1.18 bits per heavy atom. The highest BCUT2D eigenvalue weighted by Crippen LogP contribution is 2.38. The van der Waals surface area contributed by atoms with Gasteiger partial charge in [0.25, 0.3) is 5.91 Å². The quantitative estimate of drug-likeness (QED) is 0.161. The largest absolute Gasteiger partial charge is 0.490 e. The van der Waals surface area contributed by atoms with Crippen molar-refractivity contribution in [3.05, 3.63) is 90.4 Å². The number of nitrogens with one attached hydrogen (secondary N) is 1. The number of nitriles is 1. The summed E-state index contributed by atoms with van der Waals surface area (Å²) < 4.78 is 13.6. The van der Waals surface area contributed by atoms with Crippen LogP contribution in [0.5, 0.6) is 11.5 Å². The van der Waals surface area contributed by atoms with Crippen LogP contribution in [0.1, 0.15) is 18.1 Å². The van der Waals surface area contributed by atoms with Crippen LogP contribution < -0.4 is 14.8 Å². The summed E-state index contributed by atoms with van der Waals surface area (Å²) in [4.78, 5) is 12.6. The van der Waals surface area contributed by atoms with E-state index in [2.05, 4.69) is 43.8 Å². The SMILES string of the molecule is CCOc1cc(/C=C(\C#N)C(=O)Nc2ccccc2Cl)cc(Br)c1OCc1ccc(I)cc1. The van der Waals surface area contributed by atoms with Gasteiger partial charge in [-0.25, -0.2) is 0 Å². The van der Waals surface area contributed by atoms with Crippen LogP contribution in [0.4, 0.5) is 5.69 Å². The second kappa shape index (κ2) is 12.1. The lowest BCUT2D eigenvalue weighted by atomic mass is 10.1. The number of hydrogen-bond acceptors (Lipinski definition) is 4. The fraction of sp³-hybridized carbons (Fsp3) is 0.120. The molecule has 0 aliphatic rings. The molecule has 0 fully saturated rings. The van der Waals surface area contributed by atoms with E-state index < -0.39 is 5.91 Å². The Morgan fingerprint density at radius 3 is 2.58 bits per heavy atom. The van der Waals surface area contributed by atoms with E-state index in [1.54, 1.807) is 36.4 Å². The summed E-state index contributed by atoms with van der Waals surface area (Å²) >= 11 is 11.9. The molecule has 0 saturated heterocycles. The number of benzene rings is 3. The molecule has 0 unspecified atom stereocenters. The Kier molecular flexibility index (Phi) is 9.18. The Labute approximate surface area is 219 Å². The zero-order valence-electron chi connectivity index (χ0n) is 17.6. The minimum atomic E-state index is -0.557. The van der Waals surface area contributed by atoms with E-state index in [-0.39, 0.29) is 5.57 Å². The fourth-order valence-electron chi connectivity index (χ4n) is 2.88. The van der Waals surface area contributed by atoms with Crippen LogP contribution in [0.2, 0.25) is 5.02 Å². The minimum absolute atomic E-state index is 0.0724. The van der Waals surface area contributed by atoms with E-state index in [0.29, 0.717) is 45.5 Å². The van der Waals surface area contributed by atoms with Crippen LogP contribution in [-0.2, 0) is 11.4 Å². The normalized spacial score (nSPS) is 10.9. The smallest absolute Gasteiger partial charge is 0.266 e. The molecule has 0 saturated carbocycles. The van der Waals surface area contributed by atoms with Crippen LogP contribution in [0, 0.1) is 14.9 Å². The van der Waals surface area contributed by atoms with Crippen molar-refractivity contribution in [1.82, 2.24) is 0 Å². The number of carbonyl (C=O) groups excluding carboxylic acids is 1. The van der Waals surface area contributed by atoms with Crippen molar-refractivity contribution in [2.24, 2.45) is 0 Å². The van der Waals surface area contributed by atoms with Crippen LogP contribution in [0.25, 0.3) is 6.08 Å². The molecule has 1 amide bonds. The van der Waals surface area contributed by atoms with Gasteiger partial charge < -0.3 is 14.8 Å². The topological polar surface area (TPSA) is 71.3 Å². The number of amides is 1. The monoisotopic (exact) mass is 636 g/mol. The number of ether oxygens (including phenoxy) is 2. The van der Waals surface area contributed by atoms with E-state index >= 15 is 0 Å². The molecule has 3 aromatic carbocycles. The highest BCUT2D eigenvalue weighted by atomic mass is 127. The third-order valence-electron chi connectivity index (χ3n) is 4.43. The number of nitrogens with zero attached hydrogens (tertiary/aromatic N) is 1. The van der Waals surface area contributed by atoms with E-state index in [4.69, 9.17) is 21.1 Å². The van der Waals surface area contributed by atoms with Gasteiger partial charge in [-0.2, -0.15) is 5.26 Å². The van der Waals surface area contributed by atoms with Crippen LogP contribution in [-0.4, -0.2) is 12.5 Å². The Bertz CT molecular complexity index is 1220. The third kappa shape index (κ3) is 6.97. The molecule has 3 aromatic rings. The van der Waals surface area contributed by atoms with E-state index in [1.807, 2.05) is 37.3 Å². The molecule has 0 aliphatic carbocycles. The molecule has 1 N–H and O–H groups in total. The maximum atomic E-state index is 12.6. The Hall–Kier alpha value is -2.54. The van der Waals surface area contributed by atoms with E-state index in [9.17, 15) is 10.1 Å². The number of anilines is 1. The summed E-state index contributed by atoms with van der Waals surface area (Å²) in [6.45, 7) is 2.67. The predicted octanol–water partition coefficient (Wildman–Crippen LogP) is 7.23. The molecule has 0 heterocycles. The molecule has 0 atom stereocenters. The summed E-state index contributed by atoms with van der Waals surface area (Å²) in [7, 11) is 0. The third-order valence-corrected chi connectivity index (χ3v) is 6.06. The molecule has 33 heavy (non-hydrogen) atoms. The first-order valence-corrected chi connectivity index (χ1v) is 12.2. The molecular weight excluding hydrogens is 619 g/mol. The van der Waals surface area contributed by atoms with Crippen LogP contribution in [0.3, 0.4) is 0 Å². The number of halogens is 3. The lowest BCUT2D eigenvalue weighted by Gasteiger charge is -2.15. The number of rotatable bonds is 8. The van der Waals surface area contributed by atoms with Gasteiger partial charge in [0.05, 0.1) is 21.8 Å². The Morgan fingerprint density at radius 2 is 1.91 bits per heavy atom. The van der Waals surface area contributed by atoms with Gasteiger partial charge in [0, 0.05) is 3.57 Å². The van der Waals surface area contributed by atoms with Crippen molar-refractivity contribution in [2.75, 3.05) is 11.9 Å². The lowest BCUT2D eigenvalue weighted by molar-refractivity contribution is -0.112. The molecule has 8 heteroatoms. The zero-order valence-corrected chi connectivity index (χ0v) is 22.1. The summed E-state index contributed by atoms with van der Waals surface area (Å²) in [5, 5.41) is 12.6. The maximum Gasteiger partial charge on any atom is 0.266 e. The van der Waals surface area contributed by atoms with E-state index in [1.165, 1.54) is 6.08 Å². The van der Waals surface area contributed by atoms with Crippen molar-refractivity contribution in [3.63, 3.8) is 0 Å². The molecule has 0 radical (unpaired) electrons. The molecule has 0 spiro atoms. The summed E-state index contributed by atoms with van der Waals surface area (Å²) in [6, 6.07) is 20.3. The van der Waals surface area contributed by atoms with Gasteiger partial charge in [0.1, 0.15) is 18.2 Å². The van der Waals surface area contributed by atoms with Gasteiger partial charge >= 0.3 is 0 Å². The summed E-state index contributed by atoms with van der Waals surface area (Å²) in [6.07, 6.45) is 1.49. The van der Waals surface area contributed by atoms with Crippen molar-refractivity contribution in [2.45, 2.75) is 13.5 Å². The molecule has 0 bridgehead atoms. The van der Waals surface area contributed by atoms with E-state index in [0.717, 1.165) is 9.13 Å². The standard InChI is InChI=1S/C25H19BrClIN2O3/c1-2-32-23-13-17(11-18(14-29)25(31)30-22-6-4-3-5-21(22)27)12-20(26)24(23)33-15-16-7-9-19(28)10-8-16/h3-13H,2,15H2,1H3,(H,30,31)/b18-11+. The molecule has 168 valence electrons. The molecule has 0 aliphatic heterocycles.